The number of nitro groups is 1. The molecule has 20 heavy (non-hydrogen) atoms. The van der Waals surface area contributed by atoms with E-state index in [1.165, 1.54) is 21.8 Å². The number of nitrogens with zero attached hydrogens (tertiary/aromatic N) is 4. The zero-order chi connectivity index (χ0) is 14.9. The largest absolute Gasteiger partial charge is 0.389 e. The molecule has 0 spiro atoms. The normalized spacial score (nSPS) is 17.7. The van der Waals surface area contributed by atoms with Crippen LogP contribution < -0.4 is 5.32 Å². The Bertz CT molecular complexity index is 565. The first-order chi connectivity index (χ1) is 9.32. The van der Waals surface area contributed by atoms with E-state index in [2.05, 4.69) is 10.4 Å². The summed E-state index contributed by atoms with van der Waals surface area (Å²) < 4.78 is 1.20. The highest BCUT2D eigenvalue weighted by molar-refractivity contribution is 5.91. The molecule has 2 amide bonds. The third-order valence-electron chi connectivity index (χ3n) is 3.26. The third-order valence-corrected chi connectivity index (χ3v) is 3.26. The van der Waals surface area contributed by atoms with Gasteiger partial charge in [-0.05, 0) is 18.8 Å². The lowest BCUT2D eigenvalue weighted by Gasteiger charge is -2.41. The number of hydrogen-bond acceptors (Lipinski definition) is 5. The molecule has 0 saturated carbocycles. The molecule has 1 N–H and O–H groups in total. The average Bonchev–Trinajstić information content (AvgIpc) is 2.81. The Balaban J connectivity index is 2.11. The molecule has 108 valence electrons. The number of amides is 2. The van der Waals surface area contributed by atoms with Crippen molar-refractivity contribution in [2.45, 2.75) is 25.9 Å². The second-order valence-corrected chi connectivity index (χ2v) is 4.99. The van der Waals surface area contributed by atoms with Crippen LogP contribution in [0.1, 0.15) is 13.8 Å². The van der Waals surface area contributed by atoms with Crippen LogP contribution in [0.2, 0.25) is 0 Å². The summed E-state index contributed by atoms with van der Waals surface area (Å²) in [5, 5.41) is 16.9. The first-order valence-electron chi connectivity index (χ1n) is 6.09. The lowest BCUT2D eigenvalue weighted by atomic mass is 9.99. The van der Waals surface area contributed by atoms with Crippen molar-refractivity contribution in [1.82, 2.24) is 20.0 Å². The van der Waals surface area contributed by atoms with Gasteiger partial charge in [0.2, 0.25) is 11.8 Å². The molecule has 1 fully saturated rings. The van der Waals surface area contributed by atoms with Gasteiger partial charge in [0.15, 0.2) is 0 Å². The van der Waals surface area contributed by atoms with Crippen LogP contribution in [0.3, 0.4) is 0 Å². The maximum absolute atomic E-state index is 12.2. The molecule has 0 aromatic carbocycles. The lowest BCUT2D eigenvalue weighted by Crippen LogP contribution is -2.63. The fourth-order valence-electron chi connectivity index (χ4n) is 2.10. The molecular formula is C11H15N5O4. The number of carbonyl (C=O) groups is 2. The van der Waals surface area contributed by atoms with Crippen LogP contribution in [0.15, 0.2) is 12.3 Å². The smallest absolute Gasteiger partial charge is 0.358 e. The molecule has 1 aliphatic heterocycles. The van der Waals surface area contributed by atoms with Crippen molar-refractivity contribution in [3.63, 3.8) is 0 Å². The number of rotatable bonds is 3. The maximum Gasteiger partial charge on any atom is 0.389 e. The van der Waals surface area contributed by atoms with Crippen molar-refractivity contribution >= 4 is 17.6 Å². The van der Waals surface area contributed by atoms with Crippen LogP contribution in [-0.2, 0) is 16.1 Å². The predicted molar refractivity (Wildman–Crippen MR) is 67.7 cm³/mol. The maximum atomic E-state index is 12.2. The van der Waals surface area contributed by atoms with Gasteiger partial charge in [-0.2, -0.15) is 4.68 Å². The molecule has 1 saturated heterocycles. The van der Waals surface area contributed by atoms with Crippen molar-refractivity contribution in [2.75, 3.05) is 13.1 Å². The van der Waals surface area contributed by atoms with Crippen molar-refractivity contribution in [2.24, 2.45) is 0 Å². The summed E-state index contributed by atoms with van der Waals surface area (Å²) in [7, 11) is 0. The Morgan fingerprint density at radius 3 is 2.90 bits per heavy atom. The Hall–Kier alpha value is -2.45. The number of piperazine rings is 1. The van der Waals surface area contributed by atoms with Gasteiger partial charge in [0, 0.05) is 13.1 Å². The molecule has 1 aliphatic rings. The van der Waals surface area contributed by atoms with Gasteiger partial charge in [-0.1, -0.05) is 0 Å². The Kier molecular flexibility index (Phi) is 3.43. The van der Waals surface area contributed by atoms with Gasteiger partial charge in [-0.3, -0.25) is 9.59 Å². The minimum absolute atomic E-state index is 0.134. The molecule has 2 rings (SSSR count). The molecule has 9 heteroatoms. The molecule has 0 unspecified atom stereocenters. The van der Waals surface area contributed by atoms with Crippen LogP contribution >= 0.6 is 0 Å². The zero-order valence-corrected chi connectivity index (χ0v) is 11.2. The molecule has 0 radical (unpaired) electrons. The predicted octanol–water partition coefficient (Wildman–Crippen LogP) is -0.472. The summed E-state index contributed by atoms with van der Waals surface area (Å²) in [6, 6.07) is 1.22. The summed E-state index contributed by atoms with van der Waals surface area (Å²) in [5.74, 6) is -0.833. The van der Waals surface area contributed by atoms with E-state index in [0.29, 0.717) is 13.1 Å². The van der Waals surface area contributed by atoms with Crippen LogP contribution in [0, 0.1) is 10.1 Å². The van der Waals surface area contributed by atoms with Crippen molar-refractivity contribution in [3.05, 3.63) is 22.4 Å². The standard InChI is InChI=1S/C11H15N5O4/c1-11(2)10(18)12-4-6-15(11)9(17)7-14-5-3-8(13-14)16(19)20/h3,5H,4,6-7H2,1-2H3,(H,12,18). The summed E-state index contributed by atoms with van der Waals surface area (Å²) in [6.45, 7) is 3.98. The van der Waals surface area contributed by atoms with E-state index in [9.17, 15) is 19.7 Å². The van der Waals surface area contributed by atoms with Gasteiger partial charge >= 0.3 is 5.82 Å². The van der Waals surface area contributed by atoms with Crippen molar-refractivity contribution < 1.29 is 14.5 Å². The van der Waals surface area contributed by atoms with E-state index in [4.69, 9.17) is 0 Å². The van der Waals surface area contributed by atoms with Gasteiger partial charge in [0.1, 0.15) is 12.1 Å². The fraction of sp³-hybridized carbons (Fsp3) is 0.545. The first-order valence-corrected chi connectivity index (χ1v) is 6.09. The number of hydrogen-bond donors (Lipinski definition) is 1. The number of nitrogens with one attached hydrogen (secondary N) is 1. The molecule has 9 nitrogen and oxygen atoms in total. The van der Waals surface area contributed by atoms with Crippen LogP contribution in [0.4, 0.5) is 5.82 Å². The number of aromatic nitrogens is 2. The van der Waals surface area contributed by atoms with E-state index >= 15 is 0 Å². The Morgan fingerprint density at radius 1 is 1.60 bits per heavy atom. The first kappa shape index (κ1) is 14.0. The number of carbonyl (C=O) groups excluding carboxylic acids is 2. The minimum Gasteiger partial charge on any atom is -0.358 e. The summed E-state index contributed by atoms with van der Waals surface area (Å²) in [4.78, 5) is 35.3. The highest BCUT2D eigenvalue weighted by Gasteiger charge is 2.40. The van der Waals surface area contributed by atoms with Crippen molar-refractivity contribution in [1.29, 1.82) is 0 Å². The van der Waals surface area contributed by atoms with Gasteiger partial charge in [-0.25, -0.2) is 0 Å². The molecule has 0 bridgehead atoms. The topological polar surface area (TPSA) is 110 Å². The van der Waals surface area contributed by atoms with E-state index in [0.717, 1.165) is 0 Å². The van der Waals surface area contributed by atoms with Crippen LogP contribution in [-0.4, -0.2) is 50.0 Å². The Morgan fingerprint density at radius 2 is 2.30 bits per heavy atom. The van der Waals surface area contributed by atoms with Gasteiger partial charge < -0.3 is 20.3 Å². The SMILES string of the molecule is CC1(C)C(=O)NCCN1C(=O)Cn1ccc([N+](=O)[O-])n1. The van der Waals surface area contributed by atoms with E-state index in [1.807, 2.05) is 0 Å². The molecular weight excluding hydrogens is 266 g/mol. The monoisotopic (exact) mass is 281 g/mol. The molecule has 0 aliphatic carbocycles. The quantitative estimate of drug-likeness (QED) is 0.594. The van der Waals surface area contributed by atoms with Gasteiger partial charge in [0.05, 0.1) is 17.4 Å². The zero-order valence-electron chi connectivity index (χ0n) is 11.2. The summed E-state index contributed by atoms with van der Waals surface area (Å²) in [5.41, 5.74) is -0.936. The molecule has 1 aromatic rings. The molecule has 2 heterocycles. The summed E-state index contributed by atoms with van der Waals surface area (Å²) >= 11 is 0. The average molecular weight is 281 g/mol. The highest BCUT2D eigenvalue weighted by Crippen LogP contribution is 2.18. The second-order valence-electron chi connectivity index (χ2n) is 4.99. The molecule has 0 atom stereocenters. The van der Waals surface area contributed by atoms with E-state index in [1.54, 1.807) is 13.8 Å². The van der Waals surface area contributed by atoms with Crippen LogP contribution in [0.25, 0.3) is 0 Å². The Labute approximate surface area is 114 Å². The van der Waals surface area contributed by atoms with Crippen LogP contribution in [0.5, 0.6) is 0 Å². The van der Waals surface area contributed by atoms with Gasteiger partial charge in [-0.15, -0.1) is 0 Å². The highest BCUT2D eigenvalue weighted by atomic mass is 16.6. The van der Waals surface area contributed by atoms with Crippen molar-refractivity contribution in [3.8, 4) is 0 Å². The second kappa shape index (κ2) is 4.91. The lowest BCUT2D eigenvalue weighted by molar-refractivity contribution is -0.389. The summed E-state index contributed by atoms with van der Waals surface area (Å²) in [6.07, 6.45) is 1.37. The minimum atomic E-state index is -0.936. The fourth-order valence-corrected chi connectivity index (χ4v) is 2.10. The van der Waals surface area contributed by atoms with E-state index in [-0.39, 0.29) is 24.2 Å². The molecule has 1 aromatic heterocycles. The van der Waals surface area contributed by atoms with E-state index < -0.39 is 10.5 Å². The van der Waals surface area contributed by atoms with Gasteiger partial charge in [0.25, 0.3) is 0 Å². The third kappa shape index (κ3) is 2.46.